The van der Waals surface area contributed by atoms with Crippen LogP contribution < -0.4 is 10.6 Å². The van der Waals surface area contributed by atoms with Crippen molar-refractivity contribution in [2.24, 2.45) is 0 Å². The Morgan fingerprint density at radius 2 is 2.00 bits per heavy atom. The first kappa shape index (κ1) is 14.7. The van der Waals surface area contributed by atoms with Crippen LogP contribution in [0, 0.1) is 0 Å². The molecule has 0 heterocycles. The van der Waals surface area contributed by atoms with Crippen molar-refractivity contribution in [1.29, 1.82) is 0 Å². The van der Waals surface area contributed by atoms with Gasteiger partial charge in [0.05, 0.1) is 6.54 Å². The maximum absolute atomic E-state index is 11.1. The maximum atomic E-state index is 11.1. The number of carbonyl (C=O) groups is 2. The SMILES string of the molecule is COCCCNC(=O)NCC(C)(O)C(=O)O. The number of hydrogen-bond donors (Lipinski definition) is 4. The third kappa shape index (κ3) is 6.20. The molecule has 0 saturated heterocycles. The second-order valence-corrected chi connectivity index (χ2v) is 3.53. The Morgan fingerprint density at radius 3 is 2.50 bits per heavy atom. The van der Waals surface area contributed by atoms with Crippen LogP contribution in [-0.2, 0) is 9.53 Å². The van der Waals surface area contributed by atoms with Gasteiger partial charge in [0.1, 0.15) is 0 Å². The van der Waals surface area contributed by atoms with E-state index in [-0.39, 0.29) is 6.54 Å². The van der Waals surface area contributed by atoms with E-state index >= 15 is 0 Å². The van der Waals surface area contributed by atoms with Gasteiger partial charge in [-0.3, -0.25) is 0 Å². The van der Waals surface area contributed by atoms with Crippen LogP contribution in [-0.4, -0.2) is 54.6 Å². The molecule has 0 aromatic heterocycles. The molecule has 2 amide bonds. The molecule has 0 aromatic carbocycles. The topological polar surface area (TPSA) is 108 Å². The van der Waals surface area contributed by atoms with Crippen LogP contribution in [0.1, 0.15) is 13.3 Å². The zero-order chi connectivity index (χ0) is 12.6. The molecule has 16 heavy (non-hydrogen) atoms. The van der Waals surface area contributed by atoms with Gasteiger partial charge in [0.15, 0.2) is 5.60 Å². The van der Waals surface area contributed by atoms with Crippen LogP contribution in [0.5, 0.6) is 0 Å². The zero-order valence-electron chi connectivity index (χ0n) is 9.45. The summed E-state index contributed by atoms with van der Waals surface area (Å²) < 4.78 is 4.78. The highest BCUT2D eigenvalue weighted by molar-refractivity contribution is 5.79. The second-order valence-electron chi connectivity index (χ2n) is 3.53. The molecule has 0 aliphatic rings. The molecular weight excluding hydrogens is 216 g/mol. The lowest BCUT2D eigenvalue weighted by Gasteiger charge is -2.18. The van der Waals surface area contributed by atoms with Crippen LogP contribution in [0.4, 0.5) is 4.79 Å². The summed E-state index contributed by atoms with van der Waals surface area (Å²) in [7, 11) is 1.56. The number of ether oxygens (including phenoxy) is 1. The van der Waals surface area contributed by atoms with Gasteiger partial charge in [0.2, 0.25) is 0 Å². The predicted molar refractivity (Wildman–Crippen MR) is 56.2 cm³/mol. The quantitative estimate of drug-likeness (QED) is 0.429. The molecule has 0 aliphatic carbocycles. The van der Waals surface area contributed by atoms with Crippen molar-refractivity contribution in [3.05, 3.63) is 0 Å². The Kier molecular flexibility index (Phi) is 6.43. The number of aliphatic hydroxyl groups is 1. The van der Waals surface area contributed by atoms with Crippen LogP contribution in [0.15, 0.2) is 0 Å². The molecule has 0 fully saturated rings. The fourth-order valence-electron chi connectivity index (χ4n) is 0.809. The Bertz CT molecular complexity index is 242. The molecule has 0 radical (unpaired) electrons. The standard InChI is InChI=1S/C9H18N2O5/c1-9(15,7(12)13)6-11-8(14)10-4-3-5-16-2/h15H,3-6H2,1-2H3,(H,12,13)(H2,10,11,14). The van der Waals surface area contributed by atoms with Crippen LogP contribution in [0.3, 0.4) is 0 Å². The third-order valence-corrected chi connectivity index (χ3v) is 1.86. The minimum atomic E-state index is -1.95. The van der Waals surface area contributed by atoms with Crippen molar-refractivity contribution < 1.29 is 24.5 Å². The minimum absolute atomic E-state index is 0.349. The molecule has 1 unspecified atom stereocenters. The normalized spacial score (nSPS) is 13.9. The molecule has 1 atom stereocenters. The molecule has 7 heteroatoms. The number of hydrogen-bond acceptors (Lipinski definition) is 4. The van der Waals surface area contributed by atoms with E-state index in [4.69, 9.17) is 9.84 Å². The van der Waals surface area contributed by atoms with Gasteiger partial charge in [-0.05, 0) is 13.3 Å². The Hall–Kier alpha value is -1.34. The zero-order valence-corrected chi connectivity index (χ0v) is 9.45. The number of carboxylic acids is 1. The first-order chi connectivity index (χ1) is 7.40. The summed E-state index contributed by atoms with van der Waals surface area (Å²) in [5, 5.41) is 22.6. The lowest BCUT2D eigenvalue weighted by atomic mass is 10.1. The van der Waals surface area contributed by atoms with Gasteiger partial charge < -0.3 is 25.6 Å². The van der Waals surface area contributed by atoms with Gasteiger partial charge in [-0.1, -0.05) is 0 Å². The van der Waals surface area contributed by atoms with Crippen molar-refractivity contribution >= 4 is 12.0 Å². The number of aliphatic carboxylic acids is 1. The Labute approximate surface area is 93.8 Å². The van der Waals surface area contributed by atoms with E-state index in [2.05, 4.69) is 10.6 Å². The van der Waals surface area contributed by atoms with Crippen molar-refractivity contribution in [3.63, 3.8) is 0 Å². The maximum Gasteiger partial charge on any atom is 0.337 e. The first-order valence-corrected chi connectivity index (χ1v) is 4.86. The fourth-order valence-corrected chi connectivity index (χ4v) is 0.809. The average molecular weight is 234 g/mol. The smallest absolute Gasteiger partial charge is 0.337 e. The molecule has 7 nitrogen and oxygen atoms in total. The summed E-state index contributed by atoms with van der Waals surface area (Å²) >= 11 is 0. The van der Waals surface area contributed by atoms with E-state index in [1.54, 1.807) is 7.11 Å². The van der Waals surface area contributed by atoms with Crippen LogP contribution in [0.2, 0.25) is 0 Å². The number of amides is 2. The van der Waals surface area contributed by atoms with Crippen LogP contribution in [0.25, 0.3) is 0 Å². The molecule has 0 aromatic rings. The summed E-state index contributed by atoms with van der Waals surface area (Å²) in [6, 6.07) is -0.516. The molecule has 0 saturated carbocycles. The van der Waals surface area contributed by atoms with Gasteiger partial charge in [-0.25, -0.2) is 9.59 Å². The minimum Gasteiger partial charge on any atom is -0.479 e. The van der Waals surface area contributed by atoms with Crippen molar-refractivity contribution in [1.82, 2.24) is 10.6 Å². The second kappa shape index (κ2) is 7.02. The highest BCUT2D eigenvalue weighted by Crippen LogP contribution is 2.00. The van der Waals surface area contributed by atoms with Gasteiger partial charge in [0, 0.05) is 20.3 Å². The highest BCUT2D eigenvalue weighted by Gasteiger charge is 2.30. The number of rotatable bonds is 7. The number of urea groups is 1. The summed E-state index contributed by atoms with van der Waals surface area (Å²) in [5.41, 5.74) is -1.95. The van der Waals surface area contributed by atoms with E-state index in [0.29, 0.717) is 19.6 Å². The molecule has 0 bridgehead atoms. The van der Waals surface area contributed by atoms with E-state index in [9.17, 15) is 14.7 Å². The summed E-state index contributed by atoms with van der Waals surface area (Å²) in [6.07, 6.45) is 0.666. The Morgan fingerprint density at radius 1 is 1.38 bits per heavy atom. The lowest BCUT2D eigenvalue weighted by molar-refractivity contribution is -0.155. The van der Waals surface area contributed by atoms with Gasteiger partial charge in [-0.15, -0.1) is 0 Å². The summed E-state index contributed by atoms with van der Waals surface area (Å²) in [5.74, 6) is -1.38. The number of carbonyl (C=O) groups excluding carboxylic acids is 1. The molecular formula is C9H18N2O5. The van der Waals surface area contributed by atoms with Gasteiger partial charge >= 0.3 is 12.0 Å². The Balaban J connectivity index is 3.69. The summed E-state index contributed by atoms with van der Waals surface area (Å²) in [6.45, 7) is 1.72. The van der Waals surface area contributed by atoms with Crippen molar-refractivity contribution in [2.45, 2.75) is 18.9 Å². The number of nitrogens with one attached hydrogen (secondary N) is 2. The average Bonchev–Trinajstić information content (AvgIpc) is 2.21. The lowest BCUT2D eigenvalue weighted by Crippen LogP contribution is -2.49. The van der Waals surface area contributed by atoms with E-state index in [0.717, 1.165) is 6.92 Å². The molecule has 94 valence electrons. The van der Waals surface area contributed by atoms with Crippen molar-refractivity contribution in [2.75, 3.05) is 26.8 Å². The van der Waals surface area contributed by atoms with E-state index in [1.807, 2.05) is 0 Å². The van der Waals surface area contributed by atoms with Crippen LogP contribution >= 0.6 is 0 Å². The molecule has 0 aliphatic heterocycles. The summed E-state index contributed by atoms with van der Waals surface area (Å²) in [4.78, 5) is 21.6. The fraction of sp³-hybridized carbons (Fsp3) is 0.778. The van der Waals surface area contributed by atoms with Crippen molar-refractivity contribution in [3.8, 4) is 0 Å². The van der Waals surface area contributed by atoms with Gasteiger partial charge in [0.25, 0.3) is 0 Å². The monoisotopic (exact) mass is 234 g/mol. The number of methoxy groups -OCH3 is 1. The third-order valence-electron chi connectivity index (χ3n) is 1.86. The molecule has 0 rings (SSSR count). The molecule has 0 spiro atoms. The first-order valence-electron chi connectivity index (χ1n) is 4.86. The van der Waals surface area contributed by atoms with Gasteiger partial charge in [-0.2, -0.15) is 0 Å². The van der Waals surface area contributed by atoms with E-state index in [1.165, 1.54) is 0 Å². The van der Waals surface area contributed by atoms with E-state index < -0.39 is 17.6 Å². The number of carboxylic acid groups (broad SMARTS) is 1. The predicted octanol–water partition coefficient (Wildman–Crippen LogP) is -0.842. The molecule has 4 N–H and O–H groups in total. The largest absolute Gasteiger partial charge is 0.479 e. The highest BCUT2D eigenvalue weighted by atomic mass is 16.5.